The third-order valence-corrected chi connectivity index (χ3v) is 5.91. The zero-order valence-corrected chi connectivity index (χ0v) is 22.1. The number of carbonyl (C=O) groups excluding carboxylic acids is 4. The molecule has 16 nitrogen and oxygen atoms in total. The molecule has 3 N–H and O–H groups in total. The van der Waals surface area contributed by atoms with E-state index in [1.54, 1.807) is 27.3 Å². The van der Waals surface area contributed by atoms with Crippen LogP contribution in [0.3, 0.4) is 0 Å². The van der Waals surface area contributed by atoms with Gasteiger partial charge in [0.1, 0.15) is 17.1 Å². The zero-order valence-electron chi connectivity index (χ0n) is 22.1. The summed E-state index contributed by atoms with van der Waals surface area (Å²) in [5.41, 5.74) is 0.976. The minimum Gasteiger partial charge on any atom is -0.464 e. The van der Waals surface area contributed by atoms with Crippen molar-refractivity contribution in [1.82, 2.24) is 23.3 Å². The average Bonchev–Trinajstić information content (AvgIpc) is 3.64. The van der Waals surface area contributed by atoms with Crippen LogP contribution in [0.2, 0.25) is 0 Å². The molecular weight excluding hydrogens is 526 g/mol. The van der Waals surface area contributed by atoms with Crippen LogP contribution >= 0.6 is 0 Å². The van der Waals surface area contributed by atoms with Crippen LogP contribution in [0.25, 0.3) is 0 Å². The molecule has 0 saturated carbocycles. The fraction of sp³-hybridized carbons (Fsp3) is 0.208. The Kier molecular flexibility index (Phi) is 7.25. The molecule has 0 aliphatic heterocycles. The molecule has 0 aliphatic carbocycles. The lowest BCUT2D eigenvalue weighted by molar-refractivity contribution is -0.384. The van der Waals surface area contributed by atoms with Crippen LogP contribution in [-0.4, -0.2) is 59.0 Å². The molecule has 0 unspecified atom stereocenters. The number of nitro groups is 1. The zero-order chi connectivity index (χ0) is 29.3. The molecule has 0 aromatic carbocycles. The van der Waals surface area contributed by atoms with Crippen molar-refractivity contribution in [3.63, 3.8) is 0 Å². The standard InChI is InChI=1S/C24H25N9O7/c1-29-9-13(6-16(29)21(34)25-14-7-18(24(37)40-5)30(2)10-14)26-23(36)20-27-19(12-32(20)4)28-22(35)17-8-15(33(38)39)11-31(17)3/h6-12H,1-5H3,(H,25,34)(H,26,36)(H,28,35). The first-order valence-electron chi connectivity index (χ1n) is 11.6. The molecule has 0 bridgehead atoms. The largest absolute Gasteiger partial charge is 0.464 e. The Labute approximate surface area is 226 Å². The number of nitrogens with one attached hydrogen (secondary N) is 3. The second-order valence-electron chi connectivity index (χ2n) is 8.82. The van der Waals surface area contributed by atoms with Crippen molar-refractivity contribution in [2.24, 2.45) is 28.2 Å². The Morgan fingerprint density at radius 1 is 0.750 bits per heavy atom. The molecule has 0 spiro atoms. The second-order valence-corrected chi connectivity index (χ2v) is 8.82. The lowest BCUT2D eigenvalue weighted by Gasteiger charge is -2.03. The Balaban J connectivity index is 1.44. The highest BCUT2D eigenvalue weighted by molar-refractivity contribution is 6.07. The SMILES string of the molecule is COC(=O)c1cc(NC(=O)c2cc(NC(=O)c3nc(NC(=O)c4cc([N+](=O)[O-])cn4C)cn3C)cn2C)cn1C. The van der Waals surface area contributed by atoms with Gasteiger partial charge in [0.15, 0.2) is 5.82 Å². The molecule has 4 aromatic rings. The number of imidazole rings is 1. The molecule has 3 amide bonds. The summed E-state index contributed by atoms with van der Waals surface area (Å²) in [6, 6.07) is 4.07. The van der Waals surface area contributed by atoms with Crippen LogP contribution in [0.5, 0.6) is 0 Å². The molecule has 0 atom stereocenters. The van der Waals surface area contributed by atoms with Crippen molar-refractivity contribution in [3.8, 4) is 0 Å². The lowest BCUT2D eigenvalue weighted by atomic mass is 10.3. The van der Waals surface area contributed by atoms with Crippen molar-refractivity contribution in [3.05, 3.63) is 76.0 Å². The van der Waals surface area contributed by atoms with Crippen LogP contribution in [-0.2, 0) is 32.9 Å². The van der Waals surface area contributed by atoms with Crippen molar-refractivity contribution in [2.75, 3.05) is 23.1 Å². The van der Waals surface area contributed by atoms with E-state index in [1.165, 1.54) is 63.1 Å². The van der Waals surface area contributed by atoms with Gasteiger partial charge in [0.25, 0.3) is 23.4 Å². The number of hydrogen-bond donors (Lipinski definition) is 3. The highest BCUT2D eigenvalue weighted by Gasteiger charge is 2.22. The third kappa shape index (κ3) is 5.45. The number of aromatic nitrogens is 5. The van der Waals surface area contributed by atoms with Gasteiger partial charge in [-0.15, -0.1) is 0 Å². The van der Waals surface area contributed by atoms with E-state index in [0.29, 0.717) is 11.4 Å². The summed E-state index contributed by atoms with van der Waals surface area (Å²) in [4.78, 5) is 64.6. The van der Waals surface area contributed by atoms with Crippen LogP contribution in [0.4, 0.5) is 22.9 Å². The predicted octanol–water partition coefficient (Wildman–Crippen LogP) is 1.89. The Bertz CT molecular complexity index is 1670. The number of aryl methyl sites for hydroxylation is 4. The number of rotatable bonds is 8. The number of methoxy groups -OCH3 is 1. The number of ether oxygens (including phenoxy) is 1. The fourth-order valence-electron chi connectivity index (χ4n) is 3.97. The van der Waals surface area contributed by atoms with Gasteiger partial charge in [0.2, 0.25) is 5.82 Å². The average molecular weight is 552 g/mol. The number of hydrogen-bond acceptors (Lipinski definition) is 8. The summed E-state index contributed by atoms with van der Waals surface area (Å²) < 4.78 is 10.4. The van der Waals surface area contributed by atoms with Gasteiger partial charge in [0.05, 0.1) is 29.6 Å². The molecule has 16 heteroatoms. The number of anilines is 3. The normalized spacial score (nSPS) is 10.7. The Morgan fingerprint density at radius 2 is 1.27 bits per heavy atom. The van der Waals surface area contributed by atoms with E-state index in [2.05, 4.69) is 20.9 Å². The molecule has 0 saturated heterocycles. The van der Waals surface area contributed by atoms with Gasteiger partial charge in [-0.05, 0) is 12.1 Å². The van der Waals surface area contributed by atoms with Crippen molar-refractivity contribution in [2.45, 2.75) is 0 Å². The highest BCUT2D eigenvalue weighted by atomic mass is 16.6. The van der Waals surface area contributed by atoms with E-state index in [9.17, 15) is 29.3 Å². The quantitative estimate of drug-likeness (QED) is 0.168. The van der Waals surface area contributed by atoms with Gasteiger partial charge in [-0.2, -0.15) is 0 Å². The van der Waals surface area contributed by atoms with Crippen LogP contribution in [0, 0.1) is 10.1 Å². The number of nitrogens with zero attached hydrogens (tertiary/aromatic N) is 6. The van der Waals surface area contributed by atoms with Gasteiger partial charge >= 0.3 is 5.97 Å². The summed E-state index contributed by atoms with van der Waals surface area (Å²) in [5.74, 6) is -2.26. The molecule has 0 radical (unpaired) electrons. The maximum atomic E-state index is 12.9. The predicted molar refractivity (Wildman–Crippen MR) is 141 cm³/mol. The van der Waals surface area contributed by atoms with Crippen molar-refractivity contribution < 1.29 is 28.8 Å². The second kappa shape index (κ2) is 10.6. The van der Waals surface area contributed by atoms with E-state index in [0.717, 1.165) is 6.07 Å². The maximum Gasteiger partial charge on any atom is 0.354 e. The fourth-order valence-corrected chi connectivity index (χ4v) is 3.97. The highest BCUT2D eigenvalue weighted by Crippen LogP contribution is 2.20. The van der Waals surface area contributed by atoms with Gasteiger partial charge in [-0.1, -0.05) is 0 Å². The first-order chi connectivity index (χ1) is 18.9. The van der Waals surface area contributed by atoms with E-state index < -0.39 is 28.6 Å². The van der Waals surface area contributed by atoms with Gasteiger partial charge in [0, 0.05) is 52.8 Å². The smallest absolute Gasteiger partial charge is 0.354 e. The van der Waals surface area contributed by atoms with Crippen molar-refractivity contribution in [1.29, 1.82) is 0 Å². The van der Waals surface area contributed by atoms with Gasteiger partial charge in [-0.25, -0.2) is 9.78 Å². The minimum absolute atomic E-state index is 0.0375. The summed E-state index contributed by atoms with van der Waals surface area (Å²) in [5, 5.41) is 18.8. The van der Waals surface area contributed by atoms with E-state index in [4.69, 9.17) is 4.74 Å². The summed E-state index contributed by atoms with van der Waals surface area (Å²) in [7, 11) is 7.57. The summed E-state index contributed by atoms with van der Waals surface area (Å²) in [6.07, 6.45) is 5.72. The topological polar surface area (TPSA) is 189 Å². The molecule has 0 aliphatic rings. The van der Waals surface area contributed by atoms with E-state index >= 15 is 0 Å². The first-order valence-corrected chi connectivity index (χ1v) is 11.6. The van der Waals surface area contributed by atoms with Crippen LogP contribution < -0.4 is 16.0 Å². The third-order valence-electron chi connectivity index (χ3n) is 5.91. The van der Waals surface area contributed by atoms with E-state index in [-0.39, 0.29) is 34.4 Å². The van der Waals surface area contributed by atoms with E-state index in [1.807, 2.05) is 0 Å². The number of esters is 1. The molecular formula is C24H25N9O7. The molecule has 4 aromatic heterocycles. The molecule has 208 valence electrons. The van der Waals surface area contributed by atoms with Crippen molar-refractivity contribution >= 4 is 46.6 Å². The monoisotopic (exact) mass is 551 g/mol. The first kappa shape index (κ1) is 27.4. The summed E-state index contributed by atoms with van der Waals surface area (Å²) >= 11 is 0. The van der Waals surface area contributed by atoms with Crippen LogP contribution in [0.15, 0.2) is 43.0 Å². The molecule has 0 fully saturated rings. The number of amides is 3. The minimum atomic E-state index is -0.642. The lowest BCUT2D eigenvalue weighted by Crippen LogP contribution is -2.17. The molecule has 4 heterocycles. The van der Waals surface area contributed by atoms with Gasteiger partial charge < -0.3 is 39.0 Å². The summed E-state index contributed by atoms with van der Waals surface area (Å²) in [6.45, 7) is 0. The Morgan fingerprint density at radius 3 is 1.88 bits per heavy atom. The van der Waals surface area contributed by atoms with Crippen LogP contribution in [0.1, 0.15) is 42.1 Å². The maximum absolute atomic E-state index is 12.9. The Hall–Kier alpha value is -5.67. The number of carbonyl (C=O) groups is 4. The molecule has 4 rings (SSSR count). The molecule has 40 heavy (non-hydrogen) atoms. The van der Waals surface area contributed by atoms with Gasteiger partial charge in [-0.3, -0.25) is 24.5 Å².